The van der Waals surface area contributed by atoms with Gasteiger partial charge in [-0.2, -0.15) is 0 Å². The standard InChI is InChI=1S/C12H14N2O5/c1-7-9(4-3-5-10(7)14(18)19)6-11(15)13-8(2)12(16)17/h3-5,8H,6H2,1-2H3,(H,13,15)(H,16,17). The van der Waals surface area contributed by atoms with Crippen molar-refractivity contribution in [1.29, 1.82) is 0 Å². The van der Waals surface area contributed by atoms with Gasteiger partial charge in [-0.1, -0.05) is 12.1 Å². The van der Waals surface area contributed by atoms with E-state index in [1.165, 1.54) is 19.1 Å². The van der Waals surface area contributed by atoms with Gasteiger partial charge in [-0.25, -0.2) is 0 Å². The Kier molecular flexibility index (Phi) is 4.57. The summed E-state index contributed by atoms with van der Waals surface area (Å²) in [5, 5.41) is 21.7. The first-order chi connectivity index (χ1) is 8.82. The number of nitrogens with zero attached hydrogens (tertiary/aromatic N) is 1. The van der Waals surface area contributed by atoms with Crippen molar-refractivity contribution in [3.8, 4) is 0 Å². The predicted molar refractivity (Wildman–Crippen MR) is 66.8 cm³/mol. The van der Waals surface area contributed by atoms with Crippen LogP contribution in [-0.4, -0.2) is 27.9 Å². The highest BCUT2D eigenvalue weighted by Gasteiger charge is 2.18. The summed E-state index contributed by atoms with van der Waals surface area (Å²) in [6.45, 7) is 2.90. The molecule has 1 unspecified atom stereocenters. The lowest BCUT2D eigenvalue weighted by Gasteiger charge is -2.10. The zero-order valence-corrected chi connectivity index (χ0v) is 10.5. The van der Waals surface area contributed by atoms with Gasteiger partial charge in [-0.05, 0) is 19.4 Å². The molecule has 0 bridgehead atoms. The number of carbonyl (C=O) groups excluding carboxylic acids is 1. The van der Waals surface area contributed by atoms with Crippen molar-refractivity contribution in [2.45, 2.75) is 26.3 Å². The monoisotopic (exact) mass is 266 g/mol. The number of nitro groups is 1. The number of carboxylic acid groups (broad SMARTS) is 1. The molecule has 0 fully saturated rings. The van der Waals surface area contributed by atoms with Crippen molar-refractivity contribution in [2.24, 2.45) is 0 Å². The lowest BCUT2D eigenvalue weighted by molar-refractivity contribution is -0.385. The third-order valence-electron chi connectivity index (χ3n) is 2.71. The number of hydrogen-bond acceptors (Lipinski definition) is 4. The fourth-order valence-corrected chi connectivity index (χ4v) is 1.59. The third-order valence-corrected chi connectivity index (χ3v) is 2.71. The lowest BCUT2D eigenvalue weighted by atomic mass is 10.0. The molecule has 1 aromatic carbocycles. The van der Waals surface area contributed by atoms with Crippen LogP contribution >= 0.6 is 0 Å². The Hall–Kier alpha value is -2.44. The van der Waals surface area contributed by atoms with Crippen molar-refractivity contribution in [3.05, 3.63) is 39.4 Å². The quantitative estimate of drug-likeness (QED) is 0.611. The molecule has 7 nitrogen and oxygen atoms in total. The molecule has 0 radical (unpaired) electrons. The average Bonchev–Trinajstić information content (AvgIpc) is 2.31. The Morgan fingerprint density at radius 2 is 2.11 bits per heavy atom. The topological polar surface area (TPSA) is 110 Å². The minimum absolute atomic E-state index is 0.0587. The zero-order valence-electron chi connectivity index (χ0n) is 10.5. The molecule has 1 amide bonds. The Morgan fingerprint density at radius 1 is 1.47 bits per heavy atom. The van der Waals surface area contributed by atoms with Crippen LogP contribution < -0.4 is 5.32 Å². The van der Waals surface area contributed by atoms with Crippen LogP contribution in [0.15, 0.2) is 18.2 Å². The molecule has 0 saturated heterocycles. The van der Waals surface area contributed by atoms with Crippen molar-refractivity contribution in [1.82, 2.24) is 5.32 Å². The molecule has 0 aliphatic carbocycles. The van der Waals surface area contributed by atoms with Crippen LogP contribution in [0, 0.1) is 17.0 Å². The van der Waals surface area contributed by atoms with Crippen molar-refractivity contribution >= 4 is 17.6 Å². The largest absolute Gasteiger partial charge is 0.480 e. The number of carboxylic acids is 1. The lowest BCUT2D eigenvalue weighted by Crippen LogP contribution is -2.39. The Balaban J connectivity index is 2.83. The first kappa shape index (κ1) is 14.6. The summed E-state index contributed by atoms with van der Waals surface area (Å²) >= 11 is 0. The number of amides is 1. The fraction of sp³-hybridized carbons (Fsp3) is 0.333. The smallest absolute Gasteiger partial charge is 0.325 e. The van der Waals surface area contributed by atoms with Crippen molar-refractivity contribution in [3.63, 3.8) is 0 Å². The predicted octanol–water partition coefficient (Wildman–Crippen LogP) is 1.04. The first-order valence-corrected chi connectivity index (χ1v) is 5.58. The summed E-state index contributed by atoms with van der Waals surface area (Å²) in [7, 11) is 0. The second kappa shape index (κ2) is 5.94. The maximum atomic E-state index is 11.6. The molecule has 0 aromatic heterocycles. The van der Waals surface area contributed by atoms with Crippen LogP contribution in [0.3, 0.4) is 0 Å². The van der Waals surface area contributed by atoms with Crippen LogP contribution in [0.25, 0.3) is 0 Å². The van der Waals surface area contributed by atoms with Gasteiger partial charge in [-0.15, -0.1) is 0 Å². The molecule has 2 N–H and O–H groups in total. The highest BCUT2D eigenvalue weighted by atomic mass is 16.6. The molecule has 1 atom stereocenters. The number of hydrogen-bond donors (Lipinski definition) is 2. The first-order valence-electron chi connectivity index (χ1n) is 5.58. The molecule has 1 rings (SSSR count). The van der Waals surface area contributed by atoms with Gasteiger partial charge < -0.3 is 10.4 Å². The van der Waals surface area contributed by atoms with E-state index in [0.29, 0.717) is 11.1 Å². The van der Waals surface area contributed by atoms with E-state index in [2.05, 4.69) is 5.32 Å². The minimum Gasteiger partial charge on any atom is -0.480 e. The van der Waals surface area contributed by atoms with Gasteiger partial charge in [-0.3, -0.25) is 19.7 Å². The number of nitrogens with one attached hydrogen (secondary N) is 1. The van der Waals surface area contributed by atoms with Gasteiger partial charge in [0.05, 0.1) is 11.3 Å². The average molecular weight is 266 g/mol. The third kappa shape index (κ3) is 3.77. The summed E-state index contributed by atoms with van der Waals surface area (Å²) < 4.78 is 0. The van der Waals surface area contributed by atoms with Crippen molar-refractivity contribution < 1.29 is 19.6 Å². The number of rotatable bonds is 5. The summed E-state index contributed by atoms with van der Waals surface area (Å²) in [5.41, 5.74) is 0.853. The fourth-order valence-electron chi connectivity index (χ4n) is 1.59. The zero-order chi connectivity index (χ0) is 14.6. The van der Waals surface area contributed by atoms with Crippen LogP contribution in [0.2, 0.25) is 0 Å². The maximum absolute atomic E-state index is 11.6. The van der Waals surface area contributed by atoms with E-state index in [1.54, 1.807) is 13.0 Å². The molecular weight excluding hydrogens is 252 g/mol. The summed E-state index contributed by atoms with van der Waals surface area (Å²) in [6.07, 6.45) is -0.0921. The molecule has 102 valence electrons. The Bertz CT molecular complexity index is 527. The Morgan fingerprint density at radius 3 is 2.63 bits per heavy atom. The SMILES string of the molecule is Cc1c(CC(=O)NC(C)C(=O)O)cccc1[N+](=O)[O-]. The van der Waals surface area contributed by atoms with Gasteiger partial charge in [0.25, 0.3) is 5.69 Å². The van der Waals surface area contributed by atoms with E-state index in [-0.39, 0.29) is 12.1 Å². The molecule has 0 aliphatic heterocycles. The molecule has 7 heteroatoms. The molecule has 0 aliphatic rings. The van der Waals surface area contributed by atoms with Crippen LogP contribution in [-0.2, 0) is 16.0 Å². The Labute approximate surface area is 109 Å². The number of nitro benzene ring substituents is 1. The molecule has 19 heavy (non-hydrogen) atoms. The highest BCUT2D eigenvalue weighted by Crippen LogP contribution is 2.21. The second-order valence-electron chi connectivity index (χ2n) is 4.12. The molecule has 1 aromatic rings. The molecular formula is C12H14N2O5. The number of aliphatic carboxylic acids is 1. The second-order valence-corrected chi connectivity index (χ2v) is 4.12. The molecule has 0 saturated carbocycles. The van der Waals surface area contributed by atoms with Gasteiger partial charge in [0.2, 0.25) is 5.91 Å². The maximum Gasteiger partial charge on any atom is 0.325 e. The summed E-state index contributed by atoms with van der Waals surface area (Å²) in [6, 6.07) is 3.46. The van der Waals surface area contributed by atoms with Crippen LogP contribution in [0.5, 0.6) is 0 Å². The minimum atomic E-state index is -1.14. The van der Waals surface area contributed by atoms with E-state index >= 15 is 0 Å². The number of carbonyl (C=O) groups is 2. The van der Waals surface area contributed by atoms with E-state index in [4.69, 9.17) is 5.11 Å². The van der Waals surface area contributed by atoms with Gasteiger partial charge >= 0.3 is 5.97 Å². The van der Waals surface area contributed by atoms with Gasteiger partial charge in [0.1, 0.15) is 6.04 Å². The van der Waals surface area contributed by atoms with E-state index in [0.717, 1.165) is 0 Å². The molecule has 0 heterocycles. The van der Waals surface area contributed by atoms with Gasteiger partial charge in [0.15, 0.2) is 0 Å². The normalized spacial score (nSPS) is 11.7. The van der Waals surface area contributed by atoms with Gasteiger partial charge in [0, 0.05) is 11.6 Å². The van der Waals surface area contributed by atoms with E-state index in [9.17, 15) is 19.7 Å². The summed E-state index contributed by atoms with van der Waals surface area (Å²) in [4.78, 5) is 32.4. The van der Waals surface area contributed by atoms with Crippen molar-refractivity contribution in [2.75, 3.05) is 0 Å². The molecule has 0 spiro atoms. The highest BCUT2D eigenvalue weighted by molar-refractivity contribution is 5.84. The van der Waals surface area contributed by atoms with Crippen LogP contribution in [0.4, 0.5) is 5.69 Å². The number of benzene rings is 1. The van der Waals surface area contributed by atoms with Crippen LogP contribution in [0.1, 0.15) is 18.1 Å². The van der Waals surface area contributed by atoms with E-state index < -0.39 is 22.8 Å². The summed E-state index contributed by atoms with van der Waals surface area (Å²) in [5.74, 6) is -1.62. The van der Waals surface area contributed by atoms with E-state index in [1.807, 2.05) is 0 Å².